The molecule has 110 valence electrons. The smallest absolute Gasteiger partial charge is 0.166 e. The Morgan fingerprint density at radius 2 is 1.86 bits per heavy atom. The first-order chi connectivity index (χ1) is 10.3. The summed E-state index contributed by atoms with van der Waals surface area (Å²) in [4.78, 5) is 0. The number of ether oxygens (including phenoxy) is 3. The van der Waals surface area contributed by atoms with Crippen LogP contribution in [0.3, 0.4) is 0 Å². The maximum atomic E-state index is 5.86. The maximum absolute atomic E-state index is 5.86. The van der Waals surface area contributed by atoms with Crippen LogP contribution in [0.25, 0.3) is 0 Å². The molecule has 4 heteroatoms. The summed E-state index contributed by atoms with van der Waals surface area (Å²) in [7, 11) is 1.93. The van der Waals surface area contributed by atoms with Crippen molar-refractivity contribution in [2.75, 3.05) is 20.3 Å². The normalized spacial score (nSPS) is 16.5. The molecular weight excluding hydrogens is 266 g/mol. The fourth-order valence-electron chi connectivity index (χ4n) is 2.24. The molecule has 1 unspecified atom stereocenters. The van der Waals surface area contributed by atoms with Crippen LogP contribution in [-0.2, 0) is 6.54 Å². The summed E-state index contributed by atoms with van der Waals surface area (Å²) < 4.78 is 17.3. The number of rotatable bonds is 5. The highest BCUT2D eigenvalue weighted by Gasteiger charge is 2.21. The molecule has 0 amide bonds. The second-order valence-electron chi connectivity index (χ2n) is 4.98. The molecule has 0 spiro atoms. The summed E-state index contributed by atoms with van der Waals surface area (Å²) in [6.07, 6.45) is -0.0862. The lowest BCUT2D eigenvalue weighted by atomic mass is 10.2. The summed E-state index contributed by atoms with van der Waals surface area (Å²) in [5.41, 5.74) is 1.23. The van der Waals surface area contributed by atoms with Crippen LogP contribution in [-0.4, -0.2) is 26.4 Å². The number of nitrogens with one attached hydrogen (secondary N) is 1. The Balaban J connectivity index is 1.54. The predicted molar refractivity (Wildman–Crippen MR) is 81.1 cm³/mol. The first-order valence-electron chi connectivity index (χ1n) is 7.10. The van der Waals surface area contributed by atoms with E-state index < -0.39 is 0 Å². The van der Waals surface area contributed by atoms with Crippen LogP contribution in [0.2, 0.25) is 0 Å². The van der Waals surface area contributed by atoms with Gasteiger partial charge in [-0.25, -0.2) is 0 Å². The summed E-state index contributed by atoms with van der Waals surface area (Å²) in [5.74, 6) is 2.42. The zero-order chi connectivity index (χ0) is 14.5. The van der Waals surface area contributed by atoms with Crippen molar-refractivity contribution in [3.63, 3.8) is 0 Å². The highest BCUT2D eigenvalue weighted by Crippen LogP contribution is 2.30. The molecule has 21 heavy (non-hydrogen) atoms. The number of para-hydroxylation sites is 2. The van der Waals surface area contributed by atoms with E-state index in [0.717, 1.165) is 23.8 Å². The second-order valence-corrected chi connectivity index (χ2v) is 4.98. The minimum Gasteiger partial charge on any atom is -0.490 e. The van der Waals surface area contributed by atoms with Crippen molar-refractivity contribution in [3.05, 3.63) is 54.1 Å². The Morgan fingerprint density at radius 3 is 2.62 bits per heavy atom. The molecule has 0 aromatic heterocycles. The third-order valence-corrected chi connectivity index (χ3v) is 3.31. The van der Waals surface area contributed by atoms with Gasteiger partial charge in [0.05, 0.1) is 0 Å². The lowest BCUT2D eigenvalue weighted by molar-refractivity contribution is 0.0535. The van der Waals surface area contributed by atoms with Crippen LogP contribution in [0.5, 0.6) is 17.2 Å². The maximum Gasteiger partial charge on any atom is 0.166 e. The fraction of sp³-hybridized carbons (Fsp3) is 0.294. The van der Waals surface area contributed by atoms with Crippen molar-refractivity contribution in [1.82, 2.24) is 5.32 Å². The molecule has 1 aliphatic heterocycles. The van der Waals surface area contributed by atoms with E-state index in [4.69, 9.17) is 14.2 Å². The van der Waals surface area contributed by atoms with Gasteiger partial charge < -0.3 is 19.5 Å². The SMILES string of the molecule is CNCc1ccc(OCC2COc3ccccc3O2)cc1. The van der Waals surface area contributed by atoms with Gasteiger partial charge in [0, 0.05) is 6.54 Å². The average molecular weight is 285 g/mol. The lowest BCUT2D eigenvalue weighted by Gasteiger charge is -2.26. The van der Waals surface area contributed by atoms with Gasteiger partial charge in [-0.15, -0.1) is 0 Å². The fourth-order valence-corrected chi connectivity index (χ4v) is 2.24. The molecule has 1 N–H and O–H groups in total. The van der Waals surface area contributed by atoms with Crippen molar-refractivity contribution < 1.29 is 14.2 Å². The van der Waals surface area contributed by atoms with E-state index in [2.05, 4.69) is 17.4 Å². The zero-order valence-corrected chi connectivity index (χ0v) is 12.0. The minimum absolute atomic E-state index is 0.0862. The molecule has 0 fully saturated rings. The van der Waals surface area contributed by atoms with Crippen molar-refractivity contribution in [3.8, 4) is 17.2 Å². The van der Waals surface area contributed by atoms with Crippen LogP contribution < -0.4 is 19.5 Å². The van der Waals surface area contributed by atoms with Crippen LogP contribution in [0.4, 0.5) is 0 Å². The van der Waals surface area contributed by atoms with Gasteiger partial charge in [0.15, 0.2) is 17.6 Å². The van der Waals surface area contributed by atoms with Gasteiger partial charge in [0.2, 0.25) is 0 Å². The van der Waals surface area contributed by atoms with Gasteiger partial charge in [-0.2, -0.15) is 0 Å². The first kappa shape index (κ1) is 13.8. The number of benzene rings is 2. The largest absolute Gasteiger partial charge is 0.490 e. The van der Waals surface area contributed by atoms with Gasteiger partial charge >= 0.3 is 0 Å². The van der Waals surface area contributed by atoms with E-state index in [0.29, 0.717) is 13.2 Å². The molecule has 1 aliphatic rings. The van der Waals surface area contributed by atoms with Gasteiger partial charge in [-0.3, -0.25) is 0 Å². The molecule has 0 aliphatic carbocycles. The Morgan fingerprint density at radius 1 is 1.10 bits per heavy atom. The van der Waals surface area contributed by atoms with E-state index >= 15 is 0 Å². The summed E-state index contributed by atoms with van der Waals surface area (Å²) in [6, 6.07) is 15.8. The standard InChI is InChI=1S/C17H19NO3/c1-18-10-13-6-8-14(9-7-13)19-11-15-12-20-16-4-2-3-5-17(16)21-15/h2-9,15,18H,10-12H2,1H3. The Hall–Kier alpha value is -2.20. The van der Waals surface area contributed by atoms with Crippen LogP contribution >= 0.6 is 0 Å². The Bertz CT molecular complexity index is 583. The van der Waals surface area contributed by atoms with Crippen molar-refractivity contribution in [2.24, 2.45) is 0 Å². The number of hydrogen-bond donors (Lipinski definition) is 1. The van der Waals surface area contributed by atoms with Crippen molar-refractivity contribution in [2.45, 2.75) is 12.6 Å². The highest BCUT2D eigenvalue weighted by molar-refractivity contribution is 5.40. The van der Waals surface area contributed by atoms with Crippen LogP contribution in [0.15, 0.2) is 48.5 Å². The number of fused-ring (bicyclic) bond motifs is 1. The van der Waals surface area contributed by atoms with Crippen LogP contribution in [0.1, 0.15) is 5.56 Å². The third kappa shape index (κ3) is 3.47. The molecule has 2 aromatic carbocycles. The lowest BCUT2D eigenvalue weighted by Crippen LogP contribution is -2.34. The zero-order valence-electron chi connectivity index (χ0n) is 12.0. The quantitative estimate of drug-likeness (QED) is 0.916. The molecule has 3 rings (SSSR count). The molecule has 1 atom stereocenters. The second kappa shape index (κ2) is 6.50. The third-order valence-electron chi connectivity index (χ3n) is 3.31. The molecule has 0 radical (unpaired) electrons. The number of hydrogen-bond acceptors (Lipinski definition) is 4. The van der Waals surface area contributed by atoms with Gasteiger partial charge in [0.25, 0.3) is 0 Å². The van der Waals surface area contributed by atoms with Gasteiger partial charge in [-0.1, -0.05) is 24.3 Å². The molecule has 1 heterocycles. The predicted octanol–water partition coefficient (Wildman–Crippen LogP) is 2.62. The monoisotopic (exact) mass is 285 g/mol. The van der Waals surface area contributed by atoms with Crippen molar-refractivity contribution in [1.29, 1.82) is 0 Å². The molecule has 4 nitrogen and oxygen atoms in total. The Labute approximate surface area is 124 Å². The first-order valence-corrected chi connectivity index (χ1v) is 7.10. The summed E-state index contributed by atoms with van der Waals surface area (Å²) in [6.45, 7) is 1.84. The van der Waals surface area contributed by atoms with E-state index in [-0.39, 0.29) is 6.10 Å². The van der Waals surface area contributed by atoms with E-state index in [1.165, 1.54) is 5.56 Å². The van der Waals surface area contributed by atoms with Gasteiger partial charge in [-0.05, 0) is 36.9 Å². The van der Waals surface area contributed by atoms with Crippen LogP contribution in [0, 0.1) is 0 Å². The average Bonchev–Trinajstić information content (AvgIpc) is 2.54. The van der Waals surface area contributed by atoms with E-state index in [1.807, 2.05) is 43.4 Å². The van der Waals surface area contributed by atoms with E-state index in [9.17, 15) is 0 Å². The minimum atomic E-state index is -0.0862. The Kier molecular flexibility index (Phi) is 4.26. The summed E-state index contributed by atoms with van der Waals surface area (Å²) in [5, 5.41) is 3.12. The highest BCUT2D eigenvalue weighted by atomic mass is 16.6. The molecule has 0 saturated carbocycles. The summed E-state index contributed by atoms with van der Waals surface area (Å²) >= 11 is 0. The van der Waals surface area contributed by atoms with Gasteiger partial charge in [0.1, 0.15) is 19.0 Å². The topological polar surface area (TPSA) is 39.7 Å². The van der Waals surface area contributed by atoms with E-state index in [1.54, 1.807) is 0 Å². The molecule has 2 aromatic rings. The molecule has 0 saturated heterocycles. The molecular formula is C17H19NO3. The molecule has 0 bridgehead atoms. The van der Waals surface area contributed by atoms with Crippen molar-refractivity contribution >= 4 is 0 Å².